The Balaban J connectivity index is 0.000000288. The molecule has 0 aliphatic rings. The van der Waals surface area contributed by atoms with Crippen molar-refractivity contribution in [2.24, 2.45) is 0 Å². The van der Waals surface area contributed by atoms with E-state index in [0.717, 1.165) is 5.56 Å². The summed E-state index contributed by atoms with van der Waals surface area (Å²) in [5.74, 6) is -1.41. The second kappa shape index (κ2) is 8.78. The Kier molecular flexibility index (Phi) is 7.73. The van der Waals surface area contributed by atoms with Crippen LogP contribution in [0.2, 0.25) is 0 Å². The van der Waals surface area contributed by atoms with Crippen LogP contribution in [0.5, 0.6) is 0 Å². The summed E-state index contributed by atoms with van der Waals surface area (Å²) in [6.45, 7) is 0. The Hall–Kier alpha value is -1.80. The van der Waals surface area contributed by atoms with Gasteiger partial charge in [0.05, 0.1) is 12.5 Å². The molecule has 0 radical (unpaired) electrons. The zero-order chi connectivity index (χ0) is 11.5. The molecule has 0 unspecified atom stereocenters. The van der Waals surface area contributed by atoms with Crippen LogP contribution in [-0.2, 0) is 27.1 Å². The van der Waals surface area contributed by atoms with Gasteiger partial charge in [0.25, 0.3) is 0 Å². The van der Waals surface area contributed by atoms with Crippen molar-refractivity contribution in [3.05, 3.63) is 35.9 Å². The molecule has 0 saturated heterocycles. The Labute approximate surface area is 91.7 Å². The van der Waals surface area contributed by atoms with Crippen molar-refractivity contribution < 1.29 is 14.1 Å². The lowest BCUT2D eigenvalue weighted by Crippen LogP contribution is -1.98. The smallest absolute Gasteiger partial charge is 0.471 e. The highest BCUT2D eigenvalue weighted by molar-refractivity contribution is 7.66. The summed E-state index contributed by atoms with van der Waals surface area (Å²) in [4.78, 5) is 9.38. The predicted octanol–water partition coefficient (Wildman–Crippen LogP) is 1.25. The van der Waals surface area contributed by atoms with Gasteiger partial charge in [0.1, 0.15) is 0 Å². The quantitative estimate of drug-likeness (QED) is 0.784. The normalized spacial score (nSPS) is 7.93. The summed E-state index contributed by atoms with van der Waals surface area (Å²) < 4.78 is 9.28. The standard InChI is InChI=1S/C8H7N.C2H2O3S/c9-7-6-8-4-2-1-3-5-8;3-2(4)1-6-5/h1-5H,6H2;1H2/p+1. The minimum Gasteiger partial charge on any atom is -0.477 e. The molecule has 1 rings (SSSR count). The van der Waals surface area contributed by atoms with E-state index >= 15 is 0 Å². The lowest BCUT2D eigenvalue weighted by molar-refractivity contribution is -0.133. The van der Waals surface area contributed by atoms with E-state index in [2.05, 4.69) is 6.07 Å². The molecule has 1 aromatic carbocycles. The topological polar surface area (TPSA) is 78.2 Å². The third kappa shape index (κ3) is 8.53. The van der Waals surface area contributed by atoms with Gasteiger partial charge in [-0.3, -0.25) is 0 Å². The van der Waals surface area contributed by atoms with Gasteiger partial charge < -0.3 is 5.11 Å². The number of carbonyl (C=O) groups is 1. The molecule has 0 atom stereocenters. The molecule has 1 N–H and O–H groups in total. The molecule has 0 fully saturated rings. The van der Waals surface area contributed by atoms with Crippen molar-refractivity contribution in [3.63, 3.8) is 0 Å². The fraction of sp³-hybridized carbons (Fsp3) is 0.200. The number of benzene rings is 1. The molecule has 15 heavy (non-hydrogen) atoms. The Morgan fingerprint density at radius 3 is 2.33 bits per heavy atom. The summed E-state index contributed by atoms with van der Waals surface area (Å²) in [5.41, 5.74) is 1.08. The first-order valence-electron chi connectivity index (χ1n) is 4.08. The first-order chi connectivity index (χ1) is 7.20. The van der Waals surface area contributed by atoms with Crippen molar-refractivity contribution in [1.82, 2.24) is 0 Å². The molecular formula is C10H10NO3S+. The molecule has 78 valence electrons. The lowest BCUT2D eigenvalue weighted by Gasteiger charge is -1.88. The number of hydrogen-bond donors (Lipinski definition) is 1. The minimum absolute atomic E-state index is 0.0602. The molecule has 0 heterocycles. The van der Waals surface area contributed by atoms with E-state index in [4.69, 9.17) is 10.4 Å². The van der Waals surface area contributed by atoms with E-state index in [1.165, 1.54) is 0 Å². The molecule has 0 saturated carbocycles. The first kappa shape index (κ1) is 13.2. The van der Waals surface area contributed by atoms with Gasteiger partial charge in [0, 0.05) is 4.21 Å². The number of carboxylic acid groups (broad SMARTS) is 1. The third-order valence-corrected chi connectivity index (χ3v) is 1.67. The number of hydrogen-bond acceptors (Lipinski definition) is 3. The van der Waals surface area contributed by atoms with Crippen molar-refractivity contribution in [2.75, 3.05) is 5.75 Å². The summed E-state index contributed by atoms with van der Waals surface area (Å²) in [5, 5.41) is 16.0. The number of nitriles is 1. The number of nitrogens with zero attached hydrogens (tertiary/aromatic N) is 1. The molecule has 0 aliphatic heterocycles. The average molecular weight is 224 g/mol. The monoisotopic (exact) mass is 224 g/mol. The van der Waals surface area contributed by atoms with Crippen LogP contribution in [0.15, 0.2) is 30.3 Å². The predicted molar refractivity (Wildman–Crippen MR) is 56.3 cm³/mol. The first-order valence-corrected chi connectivity index (χ1v) is 4.99. The summed E-state index contributed by atoms with van der Waals surface area (Å²) in [6.07, 6.45) is 0.515. The Morgan fingerprint density at radius 1 is 1.40 bits per heavy atom. The number of rotatable bonds is 3. The second-order valence-corrected chi connectivity index (χ2v) is 3.00. The molecule has 0 aromatic heterocycles. The SMILES string of the molecule is N#CCc1ccccc1.O=[S+]CC(=O)O. The van der Waals surface area contributed by atoms with Gasteiger partial charge in [-0.1, -0.05) is 30.3 Å². The van der Waals surface area contributed by atoms with E-state index < -0.39 is 5.97 Å². The maximum Gasteiger partial charge on any atom is 0.471 e. The van der Waals surface area contributed by atoms with Crippen LogP contribution >= 0.6 is 0 Å². The van der Waals surface area contributed by atoms with Gasteiger partial charge in [-0.05, 0) is 5.56 Å². The molecule has 0 bridgehead atoms. The maximum atomic E-state index is 9.38. The minimum atomic E-state index is -1.06. The van der Waals surface area contributed by atoms with Crippen LogP contribution in [-0.4, -0.2) is 16.8 Å². The number of aliphatic carboxylic acids is 1. The van der Waals surface area contributed by atoms with Gasteiger partial charge in [0.15, 0.2) is 0 Å². The maximum absolute atomic E-state index is 9.38. The summed E-state index contributed by atoms with van der Waals surface area (Å²) >= 11 is 0.0602. The van der Waals surface area contributed by atoms with E-state index in [9.17, 15) is 9.00 Å². The van der Waals surface area contributed by atoms with Crippen LogP contribution in [0.25, 0.3) is 0 Å². The summed E-state index contributed by atoms with van der Waals surface area (Å²) in [6, 6.07) is 11.8. The molecule has 4 nitrogen and oxygen atoms in total. The van der Waals surface area contributed by atoms with Crippen LogP contribution in [0.4, 0.5) is 0 Å². The van der Waals surface area contributed by atoms with Crippen LogP contribution in [0.1, 0.15) is 5.56 Å². The van der Waals surface area contributed by atoms with Gasteiger partial charge in [0.2, 0.25) is 0 Å². The average Bonchev–Trinajstić information content (AvgIpc) is 2.20. The van der Waals surface area contributed by atoms with E-state index in [0.29, 0.717) is 6.42 Å². The molecular weight excluding hydrogens is 214 g/mol. The molecule has 0 spiro atoms. The van der Waals surface area contributed by atoms with Crippen molar-refractivity contribution in [2.45, 2.75) is 6.42 Å². The highest BCUT2D eigenvalue weighted by Gasteiger charge is 2.04. The van der Waals surface area contributed by atoms with Gasteiger partial charge >= 0.3 is 23.4 Å². The third-order valence-electron chi connectivity index (χ3n) is 1.31. The lowest BCUT2D eigenvalue weighted by atomic mass is 10.2. The molecule has 0 amide bonds. The van der Waals surface area contributed by atoms with Crippen molar-refractivity contribution >= 4 is 17.6 Å². The fourth-order valence-electron chi connectivity index (χ4n) is 0.738. The van der Waals surface area contributed by atoms with E-state index in [1.54, 1.807) is 0 Å². The largest absolute Gasteiger partial charge is 0.477 e. The van der Waals surface area contributed by atoms with Gasteiger partial charge in [-0.2, -0.15) is 5.26 Å². The van der Waals surface area contributed by atoms with Crippen molar-refractivity contribution in [1.29, 1.82) is 5.26 Å². The highest BCUT2D eigenvalue weighted by atomic mass is 32.1. The highest BCUT2D eigenvalue weighted by Crippen LogP contribution is 1.96. The van der Waals surface area contributed by atoms with Gasteiger partial charge in [-0.25, -0.2) is 4.79 Å². The second-order valence-electron chi connectivity index (χ2n) is 2.48. The molecule has 1 aromatic rings. The Bertz CT molecular complexity index is 345. The van der Waals surface area contributed by atoms with E-state index in [1.807, 2.05) is 30.3 Å². The van der Waals surface area contributed by atoms with Gasteiger partial charge in [-0.15, -0.1) is 0 Å². The van der Waals surface area contributed by atoms with Crippen LogP contribution in [0, 0.1) is 11.3 Å². The zero-order valence-corrected chi connectivity index (χ0v) is 8.74. The van der Waals surface area contributed by atoms with Crippen LogP contribution in [0.3, 0.4) is 0 Å². The number of carboxylic acids is 1. The Morgan fingerprint density at radius 2 is 2.00 bits per heavy atom. The molecule has 5 heteroatoms. The molecule has 0 aliphatic carbocycles. The summed E-state index contributed by atoms with van der Waals surface area (Å²) in [7, 11) is 0. The zero-order valence-electron chi connectivity index (χ0n) is 7.92. The van der Waals surface area contributed by atoms with Crippen molar-refractivity contribution in [3.8, 4) is 6.07 Å². The van der Waals surface area contributed by atoms with Crippen LogP contribution < -0.4 is 0 Å². The van der Waals surface area contributed by atoms with E-state index in [-0.39, 0.29) is 17.4 Å². The fourth-order valence-corrected chi connectivity index (χ4v) is 0.838.